The molecule has 1 saturated carbocycles. The molecule has 1 unspecified atom stereocenters. The van der Waals surface area contributed by atoms with Gasteiger partial charge in [0.15, 0.2) is 0 Å². The topological polar surface area (TPSA) is 53.2 Å². The molecular weight excluding hydrogens is 312 g/mol. The van der Waals surface area contributed by atoms with Crippen LogP contribution in [0.25, 0.3) is 0 Å². The molecule has 1 fully saturated rings. The average Bonchev–Trinajstić information content (AvgIpc) is 3.27. The average molecular weight is 340 g/mol. The predicted molar refractivity (Wildman–Crippen MR) is 99.7 cm³/mol. The van der Waals surface area contributed by atoms with Gasteiger partial charge in [-0.05, 0) is 30.9 Å². The molecule has 0 radical (unpaired) electrons. The van der Waals surface area contributed by atoms with Gasteiger partial charge in [0.25, 0.3) is 0 Å². The number of rotatable bonds is 5. The van der Waals surface area contributed by atoms with Crippen molar-refractivity contribution in [2.75, 3.05) is 18.1 Å². The molecule has 1 aromatic carbocycles. The van der Waals surface area contributed by atoms with Crippen molar-refractivity contribution < 1.29 is 4.74 Å². The van der Waals surface area contributed by atoms with Gasteiger partial charge < -0.3 is 19.9 Å². The van der Waals surface area contributed by atoms with E-state index in [1.54, 1.807) is 6.33 Å². The SMILES string of the molecule is Cc1cccc2c1N(Cc1cnc[nH]1)C(COC1CCCC1)CNC2. The van der Waals surface area contributed by atoms with Gasteiger partial charge in [0, 0.05) is 25.0 Å². The van der Waals surface area contributed by atoms with E-state index in [0.29, 0.717) is 12.1 Å². The summed E-state index contributed by atoms with van der Waals surface area (Å²) in [7, 11) is 0. The van der Waals surface area contributed by atoms with Crippen LogP contribution >= 0.6 is 0 Å². The molecule has 4 rings (SSSR count). The van der Waals surface area contributed by atoms with E-state index in [9.17, 15) is 0 Å². The lowest BCUT2D eigenvalue weighted by molar-refractivity contribution is 0.0476. The fourth-order valence-corrected chi connectivity index (χ4v) is 4.15. The first kappa shape index (κ1) is 16.6. The van der Waals surface area contributed by atoms with Crippen LogP contribution in [0, 0.1) is 6.92 Å². The number of aromatic nitrogens is 2. The minimum atomic E-state index is 0.325. The van der Waals surface area contributed by atoms with Crippen molar-refractivity contribution in [3.8, 4) is 0 Å². The first-order valence-electron chi connectivity index (χ1n) is 9.46. The maximum absolute atomic E-state index is 6.29. The number of nitrogens with zero attached hydrogens (tertiary/aromatic N) is 2. The molecule has 0 saturated heterocycles. The van der Waals surface area contributed by atoms with Crippen molar-refractivity contribution in [1.82, 2.24) is 15.3 Å². The van der Waals surface area contributed by atoms with Crippen molar-refractivity contribution in [2.24, 2.45) is 0 Å². The summed E-state index contributed by atoms with van der Waals surface area (Å²) >= 11 is 0. The van der Waals surface area contributed by atoms with Gasteiger partial charge in [0.2, 0.25) is 0 Å². The van der Waals surface area contributed by atoms with E-state index in [4.69, 9.17) is 4.74 Å². The third-order valence-electron chi connectivity index (χ3n) is 5.47. The van der Waals surface area contributed by atoms with Gasteiger partial charge in [0.1, 0.15) is 0 Å². The molecule has 2 N–H and O–H groups in total. The highest BCUT2D eigenvalue weighted by Crippen LogP contribution is 2.31. The van der Waals surface area contributed by atoms with Gasteiger partial charge in [-0.25, -0.2) is 4.98 Å². The van der Waals surface area contributed by atoms with Crippen LogP contribution in [-0.4, -0.2) is 35.3 Å². The second-order valence-electron chi connectivity index (χ2n) is 7.31. The summed E-state index contributed by atoms with van der Waals surface area (Å²) < 4.78 is 6.29. The summed E-state index contributed by atoms with van der Waals surface area (Å²) in [5, 5.41) is 3.62. The molecule has 1 aromatic heterocycles. The normalized spacial score (nSPS) is 21.3. The minimum absolute atomic E-state index is 0.325. The number of para-hydroxylation sites is 1. The number of hydrogen-bond acceptors (Lipinski definition) is 4. The Morgan fingerprint density at radius 2 is 2.16 bits per heavy atom. The fraction of sp³-hybridized carbons (Fsp3) is 0.550. The van der Waals surface area contributed by atoms with Crippen molar-refractivity contribution in [3.63, 3.8) is 0 Å². The number of anilines is 1. The Morgan fingerprint density at radius 3 is 2.96 bits per heavy atom. The molecule has 25 heavy (non-hydrogen) atoms. The van der Waals surface area contributed by atoms with Crippen LogP contribution in [0.3, 0.4) is 0 Å². The number of ether oxygens (including phenoxy) is 1. The van der Waals surface area contributed by atoms with Crippen molar-refractivity contribution in [1.29, 1.82) is 0 Å². The zero-order chi connectivity index (χ0) is 17.1. The first-order valence-corrected chi connectivity index (χ1v) is 9.46. The summed E-state index contributed by atoms with van der Waals surface area (Å²) in [4.78, 5) is 9.96. The highest BCUT2D eigenvalue weighted by atomic mass is 16.5. The molecule has 0 bridgehead atoms. The first-order chi connectivity index (χ1) is 12.3. The lowest BCUT2D eigenvalue weighted by atomic mass is 10.1. The zero-order valence-corrected chi connectivity index (χ0v) is 15.0. The maximum Gasteiger partial charge on any atom is 0.0922 e. The smallest absolute Gasteiger partial charge is 0.0922 e. The summed E-state index contributed by atoms with van der Waals surface area (Å²) in [6.07, 6.45) is 9.20. The molecule has 0 spiro atoms. The number of benzene rings is 1. The monoisotopic (exact) mass is 340 g/mol. The maximum atomic E-state index is 6.29. The predicted octanol–water partition coefficient (Wildman–Crippen LogP) is 3.16. The second kappa shape index (κ2) is 7.58. The van der Waals surface area contributed by atoms with E-state index in [1.807, 2.05) is 6.20 Å². The van der Waals surface area contributed by atoms with Crippen molar-refractivity contribution in [2.45, 2.75) is 57.8 Å². The van der Waals surface area contributed by atoms with Gasteiger partial charge in [-0.1, -0.05) is 31.0 Å². The Balaban J connectivity index is 1.60. The quantitative estimate of drug-likeness (QED) is 0.878. The molecule has 2 heterocycles. The number of H-pyrrole nitrogens is 1. The number of imidazole rings is 1. The summed E-state index contributed by atoms with van der Waals surface area (Å²) in [5.74, 6) is 0. The third kappa shape index (κ3) is 3.72. The van der Waals surface area contributed by atoms with E-state index in [0.717, 1.165) is 31.9 Å². The molecular formula is C20H28N4O. The number of nitrogens with one attached hydrogen (secondary N) is 2. The summed E-state index contributed by atoms with van der Waals surface area (Å²) in [5.41, 5.74) is 5.18. The molecule has 0 amide bonds. The molecule has 1 aliphatic carbocycles. The van der Waals surface area contributed by atoms with E-state index >= 15 is 0 Å². The Kier molecular flexibility index (Phi) is 5.04. The van der Waals surface area contributed by atoms with Crippen LogP contribution < -0.4 is 10.2 Å². The van der Waals surface area contributed by atoms with Crippen molar-refractivity contribution in [3.05, 3.63) is 47.5 Å². The zero-order valence-electron chi connectivity index (χ0n) is 15.0. The Morgan fingerprint density at radius 1 is 1.28 bits per heavy atom. The van der Waals surface area contributed by atoms with Crippen LogP contribution in [0.15, 0.2) is 30.7 Å². The molecule has 1 aliphatic heterocycles. The number of aryl methyl sites for hydroxylation is 1. The standard InChI is InChI=1S/C20H28N4O/c1-15-5-4-6-16-9-21-11-18(13-25-19-7-2-3-8-19)24(20(15)16)12-17-10-22-14-23-17/h4-6,10,14,18-19,21H,2-3,7-9,11-13H2,1H3,(H,22,23). The summed E-state index contributed by atoms with van der Waals surface area (Å²) in [6, 6.07) is 6.92. The Hall–Kier alpha value is -1.85. The fourth-order valence-electron chi connectivity index (χ4n) is 4.15. The van der Waals surface area contributed by atoms with E-state index in [1.165, 1.54) is 42.5 Å². The minimum Gasteiger partial charge on any atom is -0.376 e. The largest absolute Gasteiger partial charge is 0.376 e. The van der Waals surface area contributed by atoms with Gasteiger partial charge in [-0.15, -0.1) is 0 Å². The number of fused-ring (bicyclic) bond motifs is 1. The Labute approximate surface area is 149 Å². The molecule has 1 atom stereocenters. The molecule has 134 valence electrons. The van der Waals surface area contributed by atoms with Crippen LogP contribution in [0.2, 0.25) is 0 Å². The van der Waals surface area contributed by atoms with Gasteiger partial charge in [0.05, 0.1) is 37.3 Å². The van der Waals surface area contributed by atoms with E-state index < -0.39 is 0 Å². The lowest BCUT2D eigenvalue weighted by Gasteiger charge is -2.34. The van der Waals surface area contributed by atoms with Crippen molar-refractivity contribution >= 4 is 5.69 Å². The molecule has 2 aliphatic rings. The van der Waals surface area contributed by atoms with Gasteiger partial charge in [-0.2, -0.15) is 0 Å². The van der Waals surface area contributed by atoms with Crippen LogP contribution in [-0.2, 0) is 17.8 Å². The van der Waals surface area contributed by atoms with Gasteiger partial charge >= 0.3 is 0 Å². The van der Waals surface area contributed by atoms with Crippen LogP contribution in [0.1, 0.15) is 42.5 Å². The Bertz CT molecular complexity index is 679. The van der Waals surface area contributed by atoms with Crippen LogP contribution in [0.4, 0.5) is 5.69 Å². The highest BCUT2D eigenvalue weighted by Gasteiger charge is 2.27. The summed E-state index contributed by atoms with van der Waals surface area (Å²) in [6.45, 7) is 5.67. The van der Waals surface area contributed by atoms with E-state index in [-0.39, 0.29) is 0 Å². The number of aromatic amines is 1. The lowest BCUT2D eigenvalue weighted by Crippen LogP contribution is -2.44. The molecule has 2 aromatic rings. The molecule has 5 heteroatoms. The van der Waals surface area contributed by atoms with Crippen LogP contribution in [0.5, 0.6) is 0 Å². The number of hydrogen-bond donors (Lipinski definition) is 2. The molecule has 5 nitrogen and oxygen atoms in total. The second-order valence-corrected chi connectivity index (χ2v) is 7.31. The third-order valence-corrected chi connectivity index (χ3v) is 5.47. The highest BCUT2D eigenvalue weighted by molar-refractivity contribution is 5.61. The van der Waals surface area contributed by atoms with E-state index in [2.05, 4.69) is 45.3 Å². The van der Waals surface area contributed by atoms with Gasteiger partial charge in [-0.3, -0.25) is 0 Å².